The number of thiazole rings is 1. The van der Waals surface area contributed by atoms with Gasteiger partial charge in [0.25, 0.3) is 5.91 Å². The van der Waals surface area contributed by atoms with Gasteiger partial charge in [-0.15, -0.1) is 0 Å². The molecular weight excluding hydrogens is 458 g/mol. The first-order chi connectivity index (χ1) is 16.5. The quantitative estimate of drug-likeness (QED) is 0.512. The maximum Gasteiger partial charge on any atom is 0.277 e. The summed E-state index contributed by atoms with van der Waals surface area (Å²) in [5.74, 6) is 1.01. The van der Waals surface area contributed by atoms with E-state index in [4.69, 9.17) is 14.2 Å². The summed E-state index contributed by atoms with van der Waals surface area (Å²) in [7, 11) is 4.62. The number of amides is 2. The van der Waals surface area contributed by atoms with Gasteiger partial charge in [-0.1, -0.05) is 11.3 Å². The fraction of sp³-hybridized carbons (Fsp3) is 0.261. The Bertz CT molecular complexity index is 1200. The molecule has 10 nitrogen and oxygen atoms in total. The minimum atomic E-state index is -0.375. The van der Waals surface area contributed by atoms with E-state index in [0.29, 0.717) is 41.9 Å². The highest BCUT2D eigenvalue weighted by atomic mass is 32.1. The molecule has 11 heteroatoms. The summed E-state index contributed by atoms with van der Waals surface area (Å²) in [6, 6.07) is 3.55. The van der Waals surface area contributed by atoms with E-state index in [-0.39, 0.29) is 17.5 Å². The summed E-state index contributed by atoms with van der Waals surface area (Å²) in [5.41, 5.74) is 1.84. The predicted octanol–water partition coefficient (Wildman–Crippen LogP) is 2.81. The second kappa shape index (κ2) is 10.3. The third-order valence-electron chi connectivity index (χ3n) is 5.16. The van der Waals surface area contributed by atoms with E-state index in [1.54, 1.807) is 37.3 Å². The topological polar surface area (TPSA) is 116 Å². The third-order valence-corrected chi connectivity index (χ3v) is 6.16. The van der Waals surface area contributed by atoms with Crippen molar-refractivity contribution in [2.24, 2.45) is 0 Å². The van der Waals surface area contributed by atoms with Crippen molar-refractivity contribution in [2.75, 3.05) is 33.2 Å². The second-order valence-electron chi connectivity index (χ2n) is 7.24. The van der Waals surface area contributed by atoms with Crippen molar-refractivity contribution in [3.8, 4) is 17.2 Å². The van der Waals surface area contributed by atoms with Crippen LogP contribution in [0.4, 0.5) is 5.13 Å². The molecule has 1 aromatic carbocycles. The summed E-state index contributed by atoms with van der Waals surface area (Å²) in [5, 5.41) is 3.23. The standard InChI is InChI=1S/C23H23N5O5S/c1-31-17-10-14(11-18(32-2)21(17)33-3)4-5-20(29)28-9-6-15-19(13-28)34-23(26-15)27-22(30)16-12-24-7-8-25-16/h4-5,7-8,10-12H,6,9,13H2,1-3H3,(H,26,27,30)/b5-4+. The minimum Gasteiger partial charge on any atom is -0.493 e. The number of hydrogen-bond acceptors (Lipinski definition) is 9. The molecule has 0 bridgehead atoms. The number of nitrogens with zero attached hydrogens (tertiary/aromatic N) is 4. The number of fused-ring (bicyclic) bond motifs is 1. The number of nitrogens with one attached hydrogen (secondary N) is 1. The smallest absolute Gasteiger partial charge is 0.277 e. The summed E-state index contributed by atoms with van der Waals surface area (Å²) in [6.07, 6.45) is 8.18. The second-order valence-corrected chi connectivity index (χ2v) is 8.32. The molecule has 0 saturated carbocycles. The van der Waals surface area contributed by atoms with Crippen LogP contribution < -0.4 is 19.5 Å². The maximum atomic E-state index is 12.8. The SMILES string of the molecule is COc1cc(/C=C/C(=O)N2CCc3nc(NC(=O)c4cnccn4)sc3C2)cc(OC)c1OC. The summed E-state index contributed by atoms with van der Waals surface area (Å²) >= 11 is 1.35. The molecule has 3 aromatic rings. The summed E-state index contributed by atoms with van der Waals surface area (Å²) < 4.78 is 16.1. The molecule has 0 saturated heterocycles. The van der Waals surface area contributed by atoms with Crippen LogP contribution in [0.2, 0.25) is 0 Å². The van der Waals surface area contributed by atoms with Crippen molar-refractivity contribution >= 4 is 34.4 Å². The van der Waals surface area contributed by atoms with Gasteiger partial charge in [-0.05, 0) is 23.8 Å². The molecule has 2 aromatic heterocycles. The van der Waals surface area contributed by atoms with Crippen LogP contribution in [0.3, 0.4) is 0 Å². The molecule has 0 fully saturated rings. The molecule has 0 spiro atoms. The van der Waals surface area contributed by atoms with Gasteiger partial charge in [0.15, 0.2) is 16.6 Å². The van der Waals surface area contributed by atoms with Crippen molar-refractivity contribution in [1.82, 2.24) is 19.9 Å². The normalized spacial score (nSPS) is 12.9. The fourth-order valence-electron chi connectivity index (χ4n) is 3.49. The average Bonchev–Trinajstić information content (AvgIpc) is 3.28. The number of rotatable bonds is 7. The van der Waals surface area contributed by atoms with Crippen LogP contribution in [0.15, 0.2) is 36.8 Å². The molecule has 0 radical (unpaired) electrons. The van der Waals surface area contributed by atoms with Crippen LogP contribution in [-0.4, -0.2) is 59.5 Å². The number of hydrogen-bond donors (Lipinski definition) is 1. The lowest BCUT2D eigenvalue weighted by Crippen LogP contribution is -2.34. The van der Waals surface area contributed by atoms with E-state index in [9.17, 15) is 9.59 Å². The van der Waals surface area contributed by atoms with Gasteiger partial charge in [0.1, 0.15) is 5.69 Å². The third kappa shape index (κ3) is 4.99. The molecule has 2 amide bonds. The van der Waals surface area contributed by atoms with Gasteiger partial charge < -0.3 is 19.1 Å². The number of carbonyl (C=O) groups is 2. The van der Waals surface area contributed by atoms with Crippen molar-refractivity contribution in [1.29, 1.82) is 0 Å². The Labute approximate surface area is 200 Å². The zero-order chi connectivity index (χ0) is 24.1. The molecular formula is C23H23N5O5S. The molecule has 4 rings (SSSR count). The number of carbonyl (C=O) groups excluding carboxylic acids is 2. The van der Waals surface area contributed by atoms with Crippen LogP contribution in [0, 0.1) is 0 Å². The van der Waals surface area contributed by atoms with Gasteiger partial charge in [-0.3, -0.25) is 19.9 Å². The Morgan fingerprint density at radius 3 is 2.53 bits per heavy atom. The molecule has 1 aliphatic heterocycles. The maximum absolute atomic E-state index is 12.8. The van der Waals surface area contributed by atoms with E-state index in [2.05, 4.69) is 20.3 Å². The highest BCUT2D eigenvalue weighted by molar-refractivity contribution is 7.15. The highest BCUT2D eigenvalue weighted by Gasteiger charge is 2.24. The number of benzene rings is 1. The summed E-state index contributed by atoms with van der Waals surface area (Å²) in [6.45, 7) is 0.957. The predicted molar refractivity (Wildman–Crippen MR) is 126 cm³/mol. The lowest BCUT2D eigenvalue weighted by molar-refractivity contribution is -0.126. The zero-order valence-electron chi connectivity index (χ0n) is 18.9. The van der Waals surface area contributed by atoms with Crippen molar-refractivity contribution in [3.05, 3.63) is 58.6 Å². The van der Waals surface area contributed by atoms with Gasteiger partial charge in [-0.25, -0.2) is 9.97 Å². The minimum absolute atomic E-state index is 0.127. The Morgan fingerprint density at radius 1 is 1.12 bits per heavy atom. The Kier molecular flexibility index (Phi) is 7.02. The number of ether oxygens (including phenoxy) is 3. The van der Waals surface area contributed by atoms with E-state index < -0.39 is 0 Å². The molecule has 34 heavy (non-hydrogen) atoms. The van der Waals surface area contributed by atoms with Crippen molar-refractivity contribution in [3.63, 3.8) is 0 Å². The van der Waals surface area contributed by atoms with Gasteiger partial charge in [-0.2, -0.15) is 0 Å². The van der Waals surface area contributed by atoms with Crippen LogP contribution in [0.25, 0.3) is 6.08 Å². The van der Waals surface area contributed by atoms with Crippen LogP contribution >= 0.6 is 11.3 Å². The Balaban J connectivity index is 1.43. The van der Waals surface area contributed by atoms with E-state index in [1.807, 2.05) is 0 Å². The molecule has 3 heterocycles. The molecule has 0 unspecified atom stereocenters. The summed E-state index contributed by atoms with van der Waals surface area (Å²) in [4.78, 5) is 40.2. The van der Waals surface area contributed by atoms with Crippen LogP contribution in [-0.2, 0) is 17.8 Å². The molecule has 1 aliphatic rings. The van der Waals surface area contributed by atoms with Gasteiger partial charge >= 0.3 is 0 Å². The lowest BCUT2D eigenvalue weighted by Gasteiger charge is -2.24. The van der Waals surface area contributed by atoms with Gasteiger partial charge in [0.05, 0.1) is 39.8 Å². The monoisotopic (exact) mass is 481 g/mol. The molecule has 176 valence electrons. The van der Waals surface area contributed by atoms with Crippen molar-refractivity contribution < 1.29 is 23.8 Å². The van der Waals surface area contributed by atoms with Crippen LogP contribution in [0.5, 0.6) is 17.2 Å². The first-order valence-corrected chi connectivity index (χ1v) is 11.2. The fourth-order valence-corrected chi connectivity index (χ4v) is 4.50. The van der Waals surface area contributed by atoms with Crippen molar-refractivity contribution in [2.45, 2.75) is 13.0 Å². The first-order valence-electron chi connectivity index (χ1n) is 10.3. The Hall–Kier alpha value is -3.99. The molecule has 1 N–H and O–H groups in total. The van der Waals surface area contributed by atoms with Gasteiger partial charge in [0.2, 0.25) is 11.7 Å². The van der Waals surface area contributed by atoms with E-state index in [0.717, 1.165) is 16.1 Å². The lowest BCUT2D eigenvalue weighted by atomic mass is 10.1. The highest BCUT2D eigenvalue weighted by Crippen LogP contribution is 2.38. The van der Waals surface area contributed by atoms with Crippen LogP contribution in [0.1, 0.15) is 26.6 Å². The molecule has 0 aliphatic carbocycles. The first kappa shape index (κ1) is 23.2. The number of aromatic nitrogens is 3. The number of methoxy groups -OCH3 is 3. The van der Waals surface area contributed by atoms with Gasteiger partial charge in [0, 0.05) is 36.3 Å². The number of anilines is 1. The Morgan fingerprint density at radius 2 is 1.88 bits per heavy atom. The van der Waals surface area contributed by atoms with E-state index in [1.165, 1.54) is 43.1 Å². The zero-order valence-corrected chi connectivity index (χ0v) is 19.7. The van der Waals surface area contributed by atoms with E-state index >= 15 is 0 Å². The largest absolute Gasteiger partial charge is 0.493 e. The molecule has 0 atom stereocenters. The average molecular weight is 482 g/mol.